The zero-order chi connectivity index (χ0) is 11.3. The summed E-state index contributed by atoms with van der Waals surface area (Å²) in [6.45, 7) is 0. The number of benzene rings is 1. The van der Waals surface area contributed by atoms with Gasteiger partial charge in [0.25, 0.3) is 0 Å². The first-order valence-electron chi connectivity index (χ1n) is 4.04. The number of rotatable bonds is 1. The van der Waals surface area contributed by atoms with Crippen molar-refractivity contribution in [3.63, 3.8) is 0 Å². The van der Waals surface area contributed by atoms with E-state index in [1.54, 1.807) is 12.1 Å². The van der Waals surface area contributed by atoms with E-state index in [1.165, 1.54) is 6.07 Å². The molecular weight excluding hydrogens is 214 g/mol. The maximum Gasteiger partial charge on any atom is 0.315 e. The molecule has 1 rings (SSSR count). The van der Waals surface area contributed by atoms with Gasteiger partial charge in [-0.25, -0.2) is 0 Å². The van der Waals surface area contributed by atoms with Gasteiger partial charge in [-0.15, -0.1) is 0 Å². The smallest absolute Gasteiger partial charge is 0.315 e. The zero-order valence-corrected chi connectivity index (χ0v) is 8.38. The van der Waals surface area contributed by atoms with Crippen molar-refractivity contribution < 1.29 is 9.90 Å². The van der Waals surface area contributed by atoms with Gasteiger partial charge in [-0.2, -0.15) is 5.26 Å². The van der Waals surface area contributed by atoms with Crippen LogP contribution in [0.1, 0.15) is 17.5 Å². The summed E-state index contributed by atoms with van der Waals surface area (Å²) >= 11 is 5.69. The van der Waals surface area contributed by atoms with Gasteiger partial charge in [0, 0.05) is 10.6 Å². The minimum Gasteiger partial charge on any atom is -0.481 e. The van der Waals surface area contributed by atoms with Gasteiger partial charge in [-0.05, 0) is 18.2 Å². The van der Waals surface area contributed by atoms with Crippen LogP contribution in [0.15, 0.2) is 18.2 Å². The molecular formula is C11H6ClNO2. The highest BCUT2D eigenvalue weighted by Crippen LogP contribution is 2.14. The van der Waals surface area contributed by atoms with E-state index in [2.05, 4.69) is 11.8 Å². The Balaban J connectivity index is 2.99. The SMILES string of the molecule is N#Cc1cc(Cl)ccc1C#CCC(=O)O. The lowest BCUT2D eigenvalue weighted by atomic mass is 10.1. The van der Waals surface area contributed by atoms with Crippen molar-refractivity contribution >= 4 is 17.6 Å². The van der Waals surface area contributed by atoms with Crippen molar-refractivity contribution in [1.29, 1.82) is 5.26 Å². The number of carbonyl (C=O) groups is 1. The average Bonchev–Trinajstić information content (AvgIpc) is 2.19. The molecule has 1 aromatic rings. The number of aliphatic carboxylic acids is 1. The fourth-order valence-electron chi connectivity index (χ4n) is 0.933. The Bertz CT molecular complexity index is 492. The second kappa shape index (κ2) is 5.05. The lowest BCUT2D eigenvalue weighted by Gasteiger charge is -1.94. The number of nitrogens with zero attached hydrogens (tertiary/aromatic N) is 1. The van der Waals surface area contributed by atoms with E-state index < -0.39 is 5.97 Å². The molecule has 4 heteroatoms. The highest BCUT2D eigenvalue weighted by Gasteiger charge is 1.99. The summed E-state index contributed by atoms with van der Waals surface area (Å²) in [6, 6.07) is 6.63. The van der Waals surface area contributed by atoms with Crippen LogP contribution in [0.4, 0.5) is 0 Å². The molecule has 0 atom stereocenters. The minimum absolute atomic E-state index is 0.243. The van der Waals surface area contributed by atoms with Crippen LogP contribution < -0.4 is 0 Å². The Morgan fingerprint density at radius 3 is 2.80 bits per heavy atom. The van der Waals surface area contributed by atoms with Crippen LogP contribution in [-0.2, 0) is 4.79 Å². The third kappa shape index (κ3) is 3.34. The Hall–Kier alpha value is -1.97. The molecule has 0 heterocycles. The van der Waals surface area contributed by atoms with Gasteiger partial charge < -0.3 is 5.11 Å². The summed E-state index contributed by atoms with van der Waals surface area (Å²) in [5, 5.41) is 17.6. The Kier molecular flexibility index (Phi) is 3.74. The second-order valence-corrected chi connectivity index (χ2v) is 3.11. The van der Waals surface area contributed by atoms with Crippen LogP contribution in [0, 0.1) is 23.2 Å². The van der Waals surface area contributed by atoms with Gasteiger partial charge in [0.2, 0.25) is 0 Å². The topological polar surface area (TPSA) is 61.1 Å². The normalized spacial score (nSPS) is 8.53. The van der Waals surface area contributed by atoms with Gasteiger partial charge >= 0.3 is 5.97 Å². The lowest BCUT2D eigenvalue weighted by molar-refractivity contribution is -0.135. The maximum absolute atomic E-state index is 10.2. The highest BCUT2D eigenvalue weighted by atomic mass is 35.5. The molecule has 0 fully saturated rings. The molecule has 0 radical (unpaired) electrons. The number of hydrogen-bond acceptors (Lipinski definition) is 2. The molecule has 0 aliphatic heterocycles. The molecule has 0 aromatic heterocycles. The van der Waals surface area contributed by atoms with Crippen LogP contribution in [0.3, 0.4) is 0 Å². The Morgan fingerprint density at radius 2 is 2.20 bits per heavy atom. The van der Waals surface area contributed by atoms with Gasteiger partial charge in [0.1, 0.15) is 12.5 Å². The summed E-state index contributed by atoms with van der Waals surface area (Å²) in [5.41, 5.74) is 0.837. The maximum atomic E-state index is 10.2. The fourth-order valence-corrected chi connectivity index (χ4v) is 1.11. The number of hydrogen-bond donors (Lipinski definition) is 1. The standard InChI is InChI=1S/C11H6ClNO2/c12-10-5-4-8(9(6-10)7-13)2-1-3-11(14)15/h4-6H,3H2,(H,14,15). The molecule has 0 amide bonds. The number of carboxylic acids is 1. The van der Waals surface area contributed by atoms with E-state index in [0.29, 0.717) is 16.1 Å². The molecule has 0 aliphatic rings. The lowest BCUT2D eigenvalue weighted by Crippen LogP contribution is -1.90. The van der Waals surface area contributed by atoms with Crippen LogP contribution in [-0.4, -0.2) is 11.1 Å². The summed E-state index contributed by atoms with van der Waals surface area (Å²) in [7, 11) is 0. The van der Waals surface area contributed by atoms with Crippen molar-refractivity contribution in [2.75, 3.05) is 0 Å². The predicted octanol–water partition coefficient (Wildman–Crippen LogP) is 2.04. The molecule has 0 saturated heterocycles. The highest BCUT2D eigenvalue weighted by molar-refractivity contribution is 6.30. The Morgan fingerprint density at radius 1 is 1.47 bits per heavy atom. The molecule has 0 spiro atoms. The molecule has 0 bridgehead atoms. The largest absolute Gasteiger partial charge is 0.481 e. The van der Waals surface area contributed by atoms with Crippen LogP contribution in [0.2, 0.25) is 5.02 Å². The zero-order valence-electron chi connectivity index (χ0n) is 7.62. The van der Waals surface area contributed by atoms with Gasteiger partial charge in [0.05, 0.1) is 5.56 Å². The first-order valence-corrected chi connectivity index (χ1v) is 4.41. The third-order valence-electron chi connectivity index (χ3n) is 1.56. The van der Waals surface area contributed by atoms with E-state index in [1.807, 2.05) is 6.07 Å². The molecule has 0 saturated carbocycles. The fraction of sp³-hybridized carbons (Fsp3) is 0.0909. The summed E-state index contributed by atoms with van der Waals surface area (Å²) < 4.78 is 0. The molecule has 74 valence electrons. The predicted molar refractivity (Wildman–Crippen MR) is 55.3 cm³/mol. The number of nitriles is 1. The summed E-state index contributed by atoms with van der Waals surface area (Å²) in [5.74, 6) is 4.07. The number of halogens is 1. The minimum atomic E-state index is -0.991. The molecule has 0 unspecified atom stereocenters. The van der Waals surface area contributed by atoms with Gasteiger partial charge in [-0.3, -0.25) is 4.79 Å². The quantitative estimate of drug-likeness (QED) is 0.736. The monoisotopic (exact) mass is 219 g/mol. The third-order valence-corrected chi connectivity index (χ3v) is 1.80. The van der Waals surface area contributed by atoms with Crippen LogP contribution >= 0.6 is 11.6 Å². The molecule has 3 nitrogen and oxygen atoms in total. The van der Waals surface area contributed by atoms with Crippen molar-refractivity contribution in [2.24, 2.45) is 0 Å². The first kappa shape index (κ1) is 11.1. The Labute approximate surface area is 91.9 Å². The van der Waals surface area contributed by atoms with Gasteiger partial charge in [0.15, 0.2) is 0 Å². The van der Waals surface area contributed by atoms with Crippen molar-refractivity contribution in [3.05, 3.63) is 34.3 Å². The molecule has 1 aromatic carbocycles. The van der Waals surface area contributed by atoms with Crippen molar-refractivity contribution in [3.8, 4) is 17.9 Å². The molecule has 0 aliphatic carbocycles. The van der Waals surface area contributed by atoms with E-state index in [9.17, 15) is 4.79 Å². The van der Waals surface area contributed by atoms with Crippen LogP contribution in [0.25, 0.3) is 0 Å². The average molecular weight is 220 g/mol. The first-order chi connectivity index (χ1) is 7.13. The van der Waals surface area contributed by atoms with Gasteiger partial charge in [-0.1, -0.05) is 23.4 Å². The second-order valence-electron chi connectivity index (χ2n) is 2.67. The molecule has 1 N–H and O–H groups in total. The summed E-state index contributed by atoms with van der Waals surface area (Å²) in [6.07, 6.45) is -0.243. The van der Waals surface area contributed by atoms with E-state index in [-0.39, 0.29) is 6.42 Å². The van der Waals surface area contributed by atoms with Crippen LogP contribution in [0.5, 0.6) is 0 Å². The summed E-state index contributed by atoms with van der Waals surface area (Å²) in [4.78, 5) is 10.2. The molecule has 15 heavy (non-hydrogen) atoms. The number of carboxylic acid groups (broad SMARTS) is 1. The van der Waals surface area contributed by atoms with E-state index >= 15 is 0 Å². The van der Waals surface area contributed by atoms with E-state index in [4.69, 9.17) is 22.0 Å². The van der Waals surface area contributed by atoms with Crippen molar-refractivity contribution in [1.82, 2.24) is 0 Å². The van der Waals surface area contributed by atoms with E-state index in [0.717, 1.165) is 0 Å². The van der Waals surface area contributed by atoms with Crippen molar-refractivity contribution in [2.45, 2.75) is 6.42 Å².